The van der Waals surface area contributed by atoms with Crippen LogP contribution in [-0.4, -0.2) is 19.2 Å². The van der Waals surface area contributed by atoms with Crippen LogP contribution >= 0.6 is 0 Å². The molecule has 0 saturated heterocycles. The Hall–Kier alpha value is -5.37. The summed E-state index contributed by atoms with van der Waals surface area (Å²) in [5, 5.41) is 38.3. The number of esters is 1. The van der Waals surface area contributed by atoms with E-state index in [-0.39, 0.29) is 31.6 Å². The second-order valence-electron chi connectivity index (χ2n) is 16.0. The molecule has 0 heterocycles. The van der Waals surface area contributed by atoms with Gasteiger partial charge < -0.3 is 9.47 Å². The number of hydrogen-bond donors (Lipinski definition) is 0. The van der Waals surface area contributed by atoms with Crippen LogP contribution < -0.4 is 4.74 Å². The van der Waals surface area contributed by atoms with E-state index in [2.05, 4.69) is 99.3 Å². The molecule has 57 heavy (non-hydrogen) atoms. The molecule has 1 fully saturated rings. The van der Waals surface area contributed by atoms with Crippen LogP contribution in [0, 0.1) is 56.7 Å². The highest BCUT2D eigenvalue weighted by Crippen LogP contribution is 2.40. The smallest absolute Gasteiger partial charge is 0.333 e. The van der Waals surface area contributed by atoms with Crippen molar-refractivity contribution in [2.75, 3.05) is 13.2 Å². The third kappa shape index (κ3) is 12.8. The van der Waals surface area contributed by atoms with E-state index in [0.29, 0.717) is 50.2 Å². The number of ether oxygens (including phenoxy) is 2. The summed E-state index contributed by atoms with van der Waals surface area (Å²) in [6.07, 6.45) is 14.6. The quantitative estimate of drug-likeness (QED) is 0.0565. The highest BCUT2D eigenvalue weighted by molar-refractivity contribution is 5.87. The third-order valence-electron chi connectivity index (χ3n) is 11.6. The summed E-state index contributed by atoms with van der Waals surface area (Å²) in [6.45, 7) is 9.46. The van der Waals surface area contributed by atoms with Crippen LogP contribution in [0.3, 0.4) is 0 Å². The fourth-order valence-electron chi connectivity index (χ4n) is 8.16. The lowest BCUT2D eigenvalue weighted by atomic mass is 9.77. The summed E-state index contributed by atoms with van der Waals surface area (Å²) in [4.78, 5) is 12.3. The second-order valence-corrected chi connectivity index (χ2v) is 16.0. The van der Waals surface area contributed by atoms with Gasteiger partial charge in [0.15, 0.2) is 0 Å². The first-order valence-electron chi connectivity index (χ1n) is 21.0. The summed E-state index contributed by atoms with van der Waals surface area (Å²) in [7, 11) is 0. The molecular formula is C50H60N4O3. The van der Waals surface area contributed by atoms with Crippen molar-refractivity contribution in [2.24, 2.45) is 11.3 Å². The molecule has 0 spiro atoms. The normalized spacial score (nSPS) is 15.1. The molecule has 298 valence electrons. The molecule has 0 aromatic heterocycles. The number of nitriles is 4. The third-order valence-corrected chi connectivity index (χ3v) is 11.6. The van der Waals surface area contributed by atoms with Crippen LogP contribution in [0.25, 0.3) is 22.3 Å². The van der Waals surface area contributed by atoms with Crippen molar-refractivity contribution >= 4 is 5.97 Å². The van der Waals surface area contributed by atoms with Gasteiger partial charge in [-0.25, -0.2) is 4.79 Å². The number of hydrogen-bond acceptors (Lipinski definition) is 7. The largest absolute Gasteiger partial charge is 0.492 e. The Kier molecular flexibility index (Phi) is 17.9. The van der Waals surface area contributed by atoms with Crippen molar-refractivity contribution in [1.29, 1.82) is 21.0 Å². The van der Waals surface area contributed by atoms with Crippen molar-refractivity contribution < 1.29 is 14.3 Å². The standard InChI is InChI=1S/C50H60N4O3/c1-5-7-8-13-38-16-18-40(19-17-38)41-20-22-42(23-21-41)43-24-25-47(39(6-2)32-43)46-33-44(14-9-11-28-51)48(45(34-46)15-10-12-29-52)56-35-50(26-30-53,27-31-54)36-57-49(55)37(3)4/h20-25,32-34,38,40H,3,5-19,26-27,35-36H2,1-2,4H3. The molecule has 7 nitrogen and oxygen atoms in total. The van der Waals surface area contributed by atoms with E-state index in [4.69, 9.17) is 9.47 Å². The average molecular weight is 765 g/mol. The van der Waals surface area contributed by atoms with Gasteiger partial charge in [0.25, 0.3) is 0 Å². The molecule has 0 N–H and O–H groups in total. The molecule has 0 radical (unpaired) electrons. The minimum atomic E-state index is -1.06. The fraction of sp³-hybridized carbons (Fsp3) is 0.500. The fourth-order valence-corrected chi connectivity index (χ4v) is 8.16. The summed E-state index contributed by atoms with van der Waals surface area (Å²) in [5.41, 5.74) is 8.25. The minimum absolute atomic E-state index is 0.0263. The van der Waals surface area contributed by atoms with Gasteiger partial charge in [0.05, 0.1) is 36.3 Å². The minimum Gasteiger partial charge on any atom is -0.492 e. The van der Waals surface area contributed by atoms with Crippen molar-refractivity contribution in [3.8, 4) is 52.3 Å². The number of benzene rings is 3. The number of rotatable bonds is 22. The van der Waals surface area contributed by atoms with Crippen LogP contribution in [0.2, 0.25) is 0 Å². The highest BCUT2D eigenvalue weighted by atomic mass is 16.5. The molecule has 0 unspecified atom stereocenters. The van der Waals surface area contributed by atoms with Crippen LogP contribution in [0.4, 0.5) is 0 Å². The van der Waals surface area contributed by atoms with Gasteiger partial charge in [0.2, 0.25) is 0 Å². The average Bonchev–Trinajstić information content (AvgIpc) is 3.22. The van der Waals surface area contributed by atoms with Gasteiger partial charge >= 0.3 is 5.97 Å². The first-order valence-corrected chi connectivity index (χ1v) is 21.0. The molecule has 0 aliphatic heterocycles. The van der Waals surface area contributed by atoms with Gasteiger partial charge in [-0.3, -0.25) is 0 Å². The van der Waals surface area contributed by atoms with E-state index in [1.165, 1.54) is 73.6 Å². The Labute approximate surface area is 341 Å². The number of aryl methyl sites for hydroxylation is 3. The van der Waals surface area contributed by atoms with Gasteiger partial charge in [-0.2, -0.15) is 21.0 Å². The molecule has 3 aromatic carbocycles. The van der Waals surface area contributed by atoms with E-state index in [1.807, 2.05) is 0 Å². The zero-order chi connectivity index (χ0) is 41.0. The zero-order valence-electron chi connectivity index (χ0n) is 34.5. The van der Waals surface area contributed by atoms with Gasteiger partial charge in [-0.15, -0.1) is 0 Å². The first-order chi connectivity index (χ1) is 27.7. The van der Waals surface area contributed by atoms with Gasteiger partial charge in [-0.1, -0.05) is 88.6 Å². The SMILES string of the molecule is C=C(C)C(=O)OCC(CC#N)(CC#N)COc1c(CCCC#N)cc(-c2ccc(-c3ccc(C4CCC(CCCCC)CC4)cc3)cc2CC)cc1CCCC#N. The molecule has 3 aromatic rings. The van der Waals surface area contributed by atoms with E-state index >= 15 is 0 Å². The predicted octanol–water partition coefficient (Wildman–Crippen LogP) is 12.4. The van der Waals surface area contributed by atoms with Crippen molar-refractivity contribution in [2.45, 2.75) is 136 Å². The number of unbranched alkanes of at least 4 members (excludes halogenated alkanes) is 4. The van der Waals surface area contributed by atoms with Crippen LogP contribution in [0.1, 0.15) is 139 Å². The number of carbonyl (C=O) groups is 1. The first kappa shape index (κ1) is 44.3. The molecule has 4 rings (SSSR count). The van der Waals surface area contributed by atoms with Crippen molar-refractivity contribution in [3.63, 3.8) is 0 Å². The molecular weight excluding hydrogens is 705 g/mol. The lowest BCUT2D eigenvalue weighted by Gasteiger charge is -2.30. The summed E-state index contributed by atoms with van der Waals surface area (Å²) >= 11 is 0. The molecule has 1 aliphatic rings. The molecule has 0 bridgehead atoms. The van der Waals surface area contributed by atoms with Gasteiger partial charge in [-0.05, 0) is 133 Å². The molecule has 1 saturated carbocycles. The number of nitrogens with zero attached hydrogens (tertiary/aromatic N) is 4. The van der Waals surface area contributed by atoms with E-state index in [1.54, 1.807) is 6.92 Å². The highest BCUT2D eigenvalue weighted by Gasteiger charge is 2.34. The molecule has 1 aliphatic carbocycles. The summed E-state index contributed by atoms with van der Waals surface area (Å²) < 4.78 is 12.1. The molecule has 7 heteroatoms. The van der Waals surface area contributed by atoms with Gasteiger partial charge in [0.1, 0.15) is 12.4 Å². The van der Waals surface area contributed by atoms with Crippen LogP contribution in [-0.2, 0) is 28.8 Å². The molecule has 0 atom stereocenters. The lowest BCUT2D eigenvalue weighted by molar-refractivity contribution is -0.143. The monoisotopic (exact) mass is 764 g/mol. The zero-order valence-corrected chi connectivity index (χ0v) is 34.5. The Morgan fingerprint density at radius 2 is 1.33 bits per heavy atom. The van der Waals surface area contributed by atoms with Crippen molar-refractivity contribution in [1.82, 2.24) is 0 Å². The Balaban J connectivity index is 1.65. The summed E-state index contributed by atoms with van der Waals surface area (Å²) in [5.74, 6) is 1.60. The Morgan fingerprint density at radius 1 is 0.737 bits per heavy atom. The maximum Gasteiger partial charge on any atom is 0.333 e. The lowest BCUT2D eigenvalue weighted by Crippen LogP contribution is -2.35. The van der Waals surface area contributed by atoms with Crippen LogP contribution in [0.15, 0.2) is 66.7 Å². The van der Waals surface area contributed by atoms with Gasteiger partial charge in [0, 0.05) is 31.3 Å². The molecule has 0 amide bonds. The predicted molar refractivity (Wildman–Crippen MR) is 227 cm³/mol. The van der Waals surface area contributed by atoms with E-state index in [0.717, 1.165) is 34.6 Å². The van der Waals surface area contributed by atoms with Crippen LogP contribution in [0.5, 0.6) is 5.75 Å². The van der Waals surface area contributed by atoms with Crippen molar-refractivity contribution in [3.05, 3.63) is 89.0 Å². The second kappa shape index (κ2) is 23.0. The summed E-state index contributed by atoms with van der Waals surface area (Å²) in [6, 6.07) is 29.0. The number of carbonyl (C=O) groups excluding carboxylic acids is 1. The topological polar surface area (TPSA) is 131 Å². The van der Waals surface area contributed by atoms with E-state index in [9.17, 15) is 25.8 Å². The Morgan fingerprint density at radius 3 is 1.88 bits per heavy atom. The maximum atomic E-state index is 12.3. The Bertz CT molecular complexity index is 1910. The maximum absolute atomic E-state index is 12.3. The van der Waals surface area contributed by atoms with E-state index < -0.39 is 11.4 Å².